The van der Waals surface area contributed by atoms with Crippen molar-refractivity contribution in [3.8, 4) is 0 Å². The second-order valence-corrected chi connectivity index (χ2v) is 6.76. The minimum Gasteiger partial charge on any atom is -0.297 e. The highest BCUT2D eigenvalue weighted by atomic mass is 16.1. The molecule has 19 heavy (non-hydrogen) atoms. The van der Waals surface area contributed by atoms with E-state index in [9.17, 15) is 4.79 Å². The van der Waals surface area contributed by atoms with Crippen LogP contribution in [-0.2, 0) is 16.6 Å². The molecular formula is C17H21NO. The molecule has 2 bridgehead atoms. The Morgan fingerprint density at radius 3 is 2.89 bits per heavy atom. The number of carbonyl (C=O) groups is 1. The third kappa shape index (κ3) is 1.69. The first-order valence-corrected chi connectivity index (χ1v) is 7.55. The molecule has 2 nitrogen and oxygen atoms in total. The van der Waals surface area contributed by atoms with Gasteiger partial charge in [0.1, 0.15) is 0 Å². The third-order valence-electron chi connectivity index (χ3n) is 5.40. The summed E-state index contributed by atoms with van der Waals surface area (Å²) < 4.78 is 0. The first-order chi connectivity index (χ1) is 9.18. The van der Waals surface area contributed by atoms with Gasteiger partial charge in [0, 0.05) is 13.1 Å². The normalized spacial score (nSPS) is 34.2. The van der Waals surface area contributed by atoms with Gasteiger partial charge in [0.15, 0.2) is 5.78 Å². The van der Waals surface area contributed by atoms with E-state index in [0.717, 1.165) is 31.8 Å². The van der Waals surface area contributed by atoms with E-state index >= 15 is 0 Å². The number of nitrogens with zero attached hydrogens (tertiary/aromatic N) is 1. The van der Waals surface area contributed by atoms with E-state index < -0.39 is 0 Å². The van der Waals surface area contributed by atoms with Crippen LogP contribution in [0.5, 0.6) is 0 Å². The molecule has 2 unspecified atom stereocenters. The average Bonchev–Trinajstić information content (AvgIpc) is 3.21. The van der Waals surface area contributed by atoms with E-state index in [4.69, 9.17) is 0 Å². The molecule has 2 fully saturated rings. The van der Waals surface area contributed by atoms with E-state index in [0.29, 0.717) is 5.78 Å². The highest BCUT2D eigenvalue weighted by molar-refractivity contribution is 5.97. The summed E-state index contributed by atoms with van der Waals surface area (Å²) in [6.45, 7) is 4.40. The summed E-state index contributed by atoms with van der Waals surface area (Å²) >= 11 is 0. The van der Waals surface area contributed by atoms with E-state index in [-0.39, 0.29) is 11.5 Å². The number of likely N-dealkylation sites (tertiary alicyclic amines) is 1. The molecule has 2 atom stereocenters. The number of fused-ring (bicyclic) bond motifs is 4. The summed E-state index contributed by atoms with van der Waals surface area (Å²) in [5, 5.41) is 0. The lowest BCUT2D eigenvalue weighted by atomic mass is 9.64. The van der Waals surface area contributed by atoms with Gasteiger partial charge < -0.3 is 0 Å². The Hall–Kier alpha value is -1.15. The highest BCUT2D eigenvalue weighted by Crippen LogP contribution is 2.43. The van der Waals surface area contributed by atoms with Crippen LogP contribution in [-0.4, -0.2) is 29.8 Å². The number of ketones is 1. The lowest BCUT2D eigenvalue weighted by Gasteiger charge is -2.48. The summed E-state index contributed by atoms with van der Waals surface area (Å²) in [5.74, 6) is 1.34. The van der Waals surface area contributed by atoms with Gasteiger partial charge in [-0.15, -0.1) is 0 Å². The molecule has 100 valence electrons. The van der Waals surface area contributed by atoms with Crippen LogP contribution < -0.4 is 0 Å². The molecule has 2 heteroatoms. The molecule has 0 N–H and O–H groups in total. The van der Waals surface area contributed by atoms with Crippen LogP contribution >= 0.6 is 0 Å². The van der Waals surface area contributed by atoms with Crippen molar-refractivity contribution in [2.75, 3.05) is 13.1 Å². The lowest BCUT2D eigenvalue weighted by molar-refractivity contribution is -0.134. The third-order valence-corrected chi connectivity index (χ3v) is 5.40. The number of Topliss-reactive ketones (excluding diaryl/α,β-unsaturated/α-hetero) is 1. The molecule has 1 saturated heterocycles. The van der Waals surface area contributed by atoms with Gasteiger partial charge in [-0.2, -0.15) is 0 Å². The van der Waals surface area contributed by atoms with Crippen LogP contribution in [0.1, 0.15) is 37.3 Å². The number of piperidine rings is 1. The number of hydrogen-bond acceptors (Lipinski definition) is 2. The topological polar surface area (TPSA) is 20.3 Å². The van der Waals surface area contributed by atoms with Crippen LogP contribution in [0.3, 0.4) is 0 Å². The van der Waals surface area contributed by atoms with Crippen LogP contribution in [0.2, 0.25) is 0 Å². The van der Waals surface area contributed by atoms with Gasteiger partial charge in [0.2, 0.25) is 0 Å². The number of hydrogen-bond donors (Lipinski definition) is 0. The second-order valence-electron chi connectivity index (χ2n) is 6.76. The van der Waals surface area contributed by atoms with E-state index in [1.165, 1.54) is 24.0 Å². The van der Waals surface area contributed by atoms with E-state index in [2.05, 4.69) is 36.1 Å². The smallest absolute Gasteiger partial charge is 0.160 e. The van der Waals surface area contributed by atoms with Crippen LogP contribution in [0.15, 0.2) is 24.3 Å². The van der Waals surface area contributed by atoms with Gasteiger partial charge in [-0.1, -0.05) is 24.3 Å². The maximum atomic E-state index is 12.9. The van der Waals surface area contributed by atoms with Crippen molar-refractivity contribution >= 4 is 5.78 Å². The molecule has 1 aromatic rings. The summed E-state index contributed by atoms with van der Waals surface area (Å²) in [5.41, 5.74) is 2.47. The monoisotopic (exact) mass is 255 g/mol. The Morgan fingerprint density at radius 1 is 1.32 bits per heavy atom. The van der Waals surface area contributed by atoms with Gasteiger partial charge >= 0.3 is 0 Å². The van der Waals surface area contributed by atoms with Crippen LogP contribution in [0, 0.1) is 5.92 Å². The molecule has 3 aliphatic rings. The largest absolute Gasteiger partial charge is 0.297 e. The summed E-state index contributed by atoms with van der Waals surface area (Å²) in [4.78, 5) is 15.3. The zero-order valence-electron chi connectivity index (χ0n) is 11.6. The first-order valence-electron chi connectivity index (χ1n) is 7.55. The quantitative estimate of drug-likeness (QED) is 0.809. The fourth-order valence-corrected chi connectivity index (χ4v) is 3.96. The first kappa shape index (κ1) is 11.7. The molecule has 1 aliphatic heterocycles. The fourth-order valence-electron chi connectivity index (χ4n) is 3.96. The van der Waals surface area contributed by atoms with Crippen molar-refractivity contribution in [2.45, 2.75) is 44.1 Å². The average molecular weight is 255 g/mol. The SMILES string of the molecule is CC12CCN(CC3CC3)C(Cc3ccccc31)C2=O. The van der Waals surface area contributed by atoms with Gasteiger partial charge in [-0.25, -0.2) is 0 Å². The maximum absolute atomic E-state index is 12.9. The molecule has 0 amide bonds. The van der Waals surface area contributed by atoms with Crippen molar-refractivity contribution in [1.82, 2.24) is 4.90 Å². The van der Waals surface area contributed by atoms with Crippen molar-refractivity contribution in [3.05, 3.63) is 35.4 Å². The molecular weight excluding hydrogens is 234 g/mol. The Bertz CT molecular complexity index is 534. The number of carbonyl (C=O) groups excluding carboxylic acids is 1. The Kier molecular flexibility index (Phi) is 2.41. The molecule has 4 rings (SSSR count). The van der Waals surface area contributed by atoms with E-state index in [1.54, 1.807) is 0 Å². The summed E-state index contributed by atoms with van der Waals surface area (Å²) in [6, 6.07) is 8.72. The highest BCUT2D eigenvalue weighted by Gasteiger charge is 2.50. The molecule has 1 aromatic carbocycles. The predicted molar refractivity (Wildman–Crippen MR) is 75.2 cm³/mol. The molecule has 2 aliphatic carbocycles. The predicted octanol–water partition coefficient (Wildman–Crippen LogP) is 2.55. The minimum atomic E-state index is -0.223. The number of rotatable bonds is 2. The van der Waals surface area contributed by atoms with Crippen LogP contribution in [0.25, 0.3) is 0 Å². The number of benzene rings is 1. The van der Waals surface area contributed by atoms with E-state index in [1.807, 2.05) is 0 Å². The molecule has 1 saturated carbocycles. The molecule has 0 spiro atoms. The standard InChI is InChI=1S/C17H21NO/c1-17-8-9-18(11-12-6-7-12)15(16(17)19)10-13-4-2-3-5-14(13)17/h2-5,12,15H,6-11H2,1H3. The summed E-state index contributed by atoms with van der Waals surface area (Å²) in [7, 11) is 0. The van der Waals surface area contributed by atoms with Crippen molar-refractivity contribution in [1.29, 1.82) is 0 Å². The summed E-state index contributed by atoms with van der Waals surface area (Å²) in [6.07, 6.45) is 4.65. The molecule has 1 heterocycles. The minimum absolute atomic E-state index is 0.147. The maximum Gasteiger partial charge on any atom is 0.160 e. The fraction of sp³-hybridized carbons (Fsp3) is 0.588. The Morgan fingerprint density at radius 2 is 2.11 bits per heavy atom. The van der Waals surface area contributed by atoms with Gasteiger partial charge in [0.25, 0.3) is 0 Å². The molecule has 0 radical (unpaired) electrons. The van der Waals surface area contributed by atoms with Gasteiger partial charge in [-0.3, -0.25) is 9.69 Å². The van der Waals surface area contributed by atoms with Crippen molar-refractivity contribution in [2.24, 2.45) is 5.92 Å². The van der Waals surface area contributed by atoms with Gasteiger partial charge in [0.05, 0.1) is 11.5 Å². The van der Waals surface area contributed by atoms with Crippen LogP contribution in [0.4, 0.5) is 0 Å². The zero-order chi connectivity index (χ0) is 13.0. The second kappa shape index (κ2) is 3.92. The lowest BCUT2D eigenvalue weighted by Crippen LogP contribution is -2.59. The van der Waals surface area contributed by atoms with Crippen molar-refractivity contribution < 1.29 is 4.79 Å². The molecule has 0 aromatic heterocycles. The Labute approximate surface area is 114 Å². The zero-order valence-corrected chi connectivity index (χ0v) is 11.6. The van der Waals surface area contributed by atoms with Gasteiger partial charge in [-0.05, 0) is 49.7 Å². The van der Waals surface area contributed by atoms with Crippen molar-refractivity contribution in [3.63, 3.8) is 0 Å². The Balaban J connectivity index is 1.72.